The van der Waals surface area contributed by atoms with Gasteiger partial charge in [-0.25, -0.2) is 13.4 Å². The van der Waals surface area contributed by atoms with Crippen LogP contribution < -0.4 is 15.4 Å². The highest BCUT2D eigenvalue weighted by molar-refractivity contribution is 7.90. The lowest BCUT2D eigenvalue weighted by Crippen LogP contribution is -2.17. The third-order valence-electron chi connectivity index (χ3n) is 4.77. The number of carbonyl (C=O) groups excluding carboxylic acids is 1. The van der Waals surface area contributed by atoms with Gasteiger partial charge in [-0.2, -0.15) is 0 Å². The third kappa shape index (κ3) is 7.15. The molecule has 0 radical (unpaired) electrons. The predicted octanol–water partition coefficient (Wildman–Crippen LogP) is 4.38. The van der Waals surface area contributed by atoms with Gasteiger partial charge in [-0.05, 0) is 32.0 Å². The molecule has 2 aromatic heterocycles. The number of pyridine rings is 2. The fourth-order valence-corrected chi connectivity index (χ4v) is 3.80. The third-order valence-corrected chi connectivity index (χ3v) is 5.87. The summed E-state index contributed by atoms with van der Waals surface area (Å²) in [6, 6.07) is 7.56. The Hall–Kier alpha value is -3.71. The van der Waals surface area contributed by atoms with Gasteiger partial charge in [0.15, 0.2) is 9.84 Å². The monoisotopic (exact) mass is 524 g/mol. The van der Waals surface area contributed by atoms with E-state index in [-0.39, 0.29) is 17.2 Å². The van der Waals surface area contributed by atoms with Gasteiger partial charge >= 0.3 is 6.36 Å². The number of rotatable bonds is 7. The van der Waals surface area contributed by atoms with Crippen molar-refractivity contribution < 1.29 is 36.2 Å². The fraction of sp³-hybridized carbons (Fsp3) is 0.261. The summed E-state index contributed by atoms with van der Waals surface area (Å²) < 4.78 is 66.6. The lowest BCUT2D eigenvalue weighted by molar-refractivity contribution is -0.274. The van der Waals surface area contributed by atoms with Gasteiger partial charge in [0, 0.05) is 54.5 Å². The zero-order valence-corrected chi connectivity index (χ0v) is 20.5. The van der Waals surface area contributed by atoms with E-state index in [0.717, 1.165) is 24.5 Å². The fourth-order valence-electron chi connectivity index (χ4n) is 3.13. The Balaban J connectivity index is 2.12. The van der Waals surface area contributed by atoms with Crippen LogP contribution in [0, 0.1) is 0 Å². The Morgan fingerprint density at radius 3 is 2.28 bits per heavy atom. The van der Waals surface area contributed by atoms with E-state index in [4.69, 9.17) is 0 Å². The van der Waals surface area contributed by atoms with Crippen LogP contribution in [-0.4, -0.2) is 42.0 Å². The number of sulfone groups is 1. The quantitative estimate of drug-likeness (QED) is 0.415. The minimum atomic E-state index is -5.04. The minimum absolute atomic E-state index is 0.0356. The van der Waals surface area contributed by atoms with Crippen molar-refractivity contribution in [3.8, 4) is 17.0 Å². The first-order valence-electron chi connectivity index (χ1n) is 10.4. The van der Waals surface area contributed by atoms with Crippen molar-refractivity contribution in [1.29, 1.82) is 0 Å². The molecule has 3 aromatic rings. The van der Waals surface area contributed by atoms with Crippen molar-refractivity contribution in [1.82, 2.24) is 9.97 Å². The van der Waals surface area contributed by atoms with Gasteiger partial charge < -0.3 is 20.5 Å². The molecule has 3 rings (SSSR count). The summed E-state index contributed by atoms with van der Waals surface area (Å²) in [5.74, 6) is -1.01. The summed E-state index contributed by atoms with van der Waals surface area (Å²) in [6.07, 6.45) is -1.35. The second-order valence-corrected chi connectivity index (χ2v) is 10.4. The maximum atomic E-state index is 12.8. The Bertz CT molecular complexity index is 1390. The van der Waals surface area contributed by atoms with Crippen LogP contribution in [0.25, 0.3) is 11.3 Å². The van der Waals surface area contributed by atoms with Crippen molar-refractivity contribution >= 4 is 32.9 Å². The Labute approximate surface area is 205 Å². The molecular weight excluding hydrogens is 501 g/mol. The first kappa shape index (κ1) is 26.9. The van der Waals surface area contributed by atoms with Crippen LogP contribution in [0.2, 0.25) is 0 Å². The van der Waals surface area contributed by atoms with E-state index < -0.39 is 38.4 Å². The van der Waals surface area contributed by atoms with Gasteiger partial charge in [-0.15, -0.1) is 13.2 Å². The predicted molar refractivity (Wildman–Crippen MR) is 127 cm³/mol. The summed E-state index contributed by atoms with van der Waals surface area (Å²) in [7, 11) is -3.89. The molecule has 13 heteroatoms. The first-order valence-corrected chi connectivity index (χ1v) is 12.3. The Morgan fingerprint density at radius 2 is 1.75 bits per heavy atom. The number of aliphatic hydroxyl groups is 1. The average molecular weight is 525 g/mol. The summed E-state index contributed by atoms with van der Waals surface area (Å²) >= 11 is 0. The smallest absolute Gasteiger partial charge is 0.406 e. The number of anilines is 3. The van der Waals surface area contributed by atoms with Crippen LogP contribution >= 0.6 is 0 Å². The second-order valence-electron chi connectivity index (χ2n) is 8.43. The summed E-state index contributed by atoms with van der Waals surface area (Å²) in [6.45, 7) is 4.46. The zero-order valence-electron chi connectivity index (χ0n) is 19.6. The molecule has 36 heavy (non-hydrogen) atoms. The number of halogens is 3. The molecule has 0 saturated carbocycles. The van der Waals surface area contributed by atoms with Gasteiger partial charge in [0.25, 0.3) is 0 Å². The molecular formula is C23H23F3N4O5S. The van der Waals surface area contributed by atoms with Crippen LogP contribution in [0.3, 0.4) is 0 Å². The number of nitrogens with one attached hydrogen (secondary N) is 2. The lowest BCUT2D eigenvalue weighted by atomic mass is 9.99. The molecule has 1 aromatic carbocycles. The van der Waals surface area contributed by atoms with Crippen molar-refractivity contribution in [2.75, 3.05) is 16.9 Å². The molecule has 0 aliphatic carbocycles. The van der Waals surface area contributed by atoms with E-state index in [2.05, 4.69) is 25.3 Å². The van der Waals surface area contributed by atoms with Gasteiger partial charge in [-0.3, -0.25) is 9.78 Å². The van der Waals surface area contributed by atoms with Crippen molar-refractivity contribution in [3.05, 3.63) is 54.4 Å². The highest BCUT2D eigenvalue weighted by atomic mass is 32.2. The number of hydrogen-bond donors (Lipinski definition) is 3. The van der Waals surface area contributed by atoms with E-state index >= 15 is 0 Å². The van der Waals surface area contributed by atoms with Gasteiger partial charge in [0.1, 0.15) is 11.6 Å². The first-order chi connectivity index (χ1) is 16.5. The minimum Gasteiger partial charge on any atom is -0.406 e. The summed E-state index contributed by atoms with van der Waals surface area (Å²) in [5.41, 5.74) is 0.389. The highest BCUT2D eigenvalue weighted by Gasteiger charge is 2.32. The van der Waals surface area contributed by atoms with Crippen LogP contribution in [0.15, 0.2) is 53.7 Å². The summed E-state index contributed by atoms with van der Waals surface area (Å²) in [4.78, 5) is 19.6. The van der Waals surface area contributed by atoms with E-state index in [1.807, 2.05) is 0 Å². The standard InChI is InChI=1S/C23H23F3N4O5S/c1-13(31)29-21-10-20(18(12-28-21)19-6-5-14(11-27-19)22(2,3)32)30-15-7-16(35-23(24,25)26)9-17(8-15)36(4,33)34/h5-12,32H,1-4H3,(H2,28,29,30,31). The van der Waals surface area contributed by atoms with Gasteiger partial charge in [0.2, 0.25) is 5.91 Å². The molecule has 0 spiro atoms. The van der Waals surface area contributed by atoms with Crippen molar-refractivity contribution in [2.24, 2.45) is 0 Å². The number of amides is 1. The molecule has 9 nitrogen and oxygen atoms in total. The molecule has 2 heterocycles. The number of ether oxygens (including phenoxy) is 1. The second kappa shape index (κ2) is 9.74. The molecule has 0 saturated heterocycles. The van der Waals surface area contributed by atoms with Crippen LogP contribution in [0.1, 0.15) is 26.3 Å². The number of nitrogens with zero attached hydrogens (tertiary/aromatic N) is 2. The van der Waals surface area contributed by atoms with Crippen LogP contribution in [0.5, 0.6) is 5.75 Å². The number of alkyl halides is 3. The number of hydrogen-bond acceptors (Lipinski definition) is 8. The molecule has 0 atom stereocenters. The van der Waals surface area contributed by atoms with Crippen LogP contribution in [0.4, 0.5) is 30.4 Å². The van der Waals surface area contributed by atoms with E-state index in [1.54, 1.807) is 26.0 Å². The molecule has 0 bridgehead atoms. The largest absolute Gasteiger partial charge is 0.573 e. The van der Waals surface area contributed by atoms with E-state index in [0.29, 0.717) is 16.8 Å². The van der Waals surface area contributed by atoms with Crippen molar-refractivity contribution in [3.63, 3.8) is 0 Å². The molecule has 0 aliphatic heterocycles. The number of aromatic nitrogens is 2. The molecule has 0 aliphatic rings. The maximum Gasteiger partial charge on any atom is 0.573 e. The number of carbonyl (C=O) groups is 1. The van der Waals surface area contributed by atoms with Crippen molar-refractivity contribution in [2.45, 2.75) is 37.6 Å². The van der Waals surface area contributed by atoms with Gasteiger partial charge in [-0.1, -0.05) is 6.07 Å². The molecule has 0 unspecified atom stereocenters. The van der Waals surface area contributed by atoms with E-state index in [1.165, 1.54) is 25.4 Å². The molecule has 3 N–H and O–H groups in total. The average Bonchev–Trinajstić information content (AvgIpc) is 2.71. The lowest BCUT2D eigenvalue weighted by Gasteiger charge is -2.18. The molecule has 0 fully saturated rings. The molecule has 192 valence electrons. The maximum absolute atomic E-state index is 12.8. The summed E-state index contributed by atoms with van der Waals surface area (Å²) in [5, 5.41) is 15.6. The molecule has 1 amide bonds. The number of benzene rings is 1. The Kier molecular flexibility index (Phi) is 7.27. The van der Waals surface area contributed by atoms with E-state index in [9.17, 15) is 31.5 Å². The zero-order chi connectivity index (χ0) is 26.9. The normalized spacial score (nSPS) is 12.2. The SMILES string of the molecule is CC(=O)Nc1cc(Nc2cc(OC(F)(F)F)cc(S(C)(=O)=O)c2)c(-c2ccc(C(C)(C)O)cn2)cn1. The van der Waals surface area contributed by atoms with Gasteiger partial charge in [0.05, 0.1) is 21.9 Å². The highest BCUT2D eigenvalue weighted by Crippen LogP contribution is 2.35. The Morgan fingerprint density at radius 1 is 1.06 bits per heavy atom. The van der Waals surface area contributed by atoms with Crippen LogP contribution in [-0.2, 0) is 20.2 Å². The topological polar surface area (TPSA) is 131 Å².